The number of methoxy groups -OCH3 is 1. The molecule has 0 saturated carbocycles. The van der Waals surface area contributed by atoms with Gasteiger partial charge in [0.05, 0.1) is 12.1 Å². The number of benzene rings is 1. The molecule has 0 fully saturated rings. The van der Waals surface area contributed by atoms with Gasteiger partial charge in [0.25, 0.3) is 9.05 Å². The van der Waals surface area contributed by atoms with Crippen molar-refractivity contribution >= 4 is 31.3 Å². The third-order valence-electron chi connectivity index (χ3n) is 1.83. The van der Waals surface area contributed by atoms with Gasteiger partial charge in [-0.15, -0.1) is 0 Å². The van der Waals surface area contributed by atoms with Crippen LogP contribution in [0.4, 0.5) is 4.39 Å². The van der Waals surface area contributed by atoms with Crippen molar-refractivity contribution in [2.24, 2.45) is 0 Å². The normalized spacial score (nSPS) is 11.5. The zero-order chi connectivity index (χ0) is 11.8. The molecule has 0 heterocycles. The van der Waals surface area contributed by atoms with Gasteiger partial charge in [0.15, 0.2) is 0 Å². The van der Waals surface area contributed by atoms with Crippen LogP contribution in [0, 0.1) is 12.7 Å². The molecule has 3 nitrogen and oxygen atoms in total. The number of ether oxygens (including phenoxy) is 1. The van der Waals surface area contributed by atoms with E-state index in [1.807, 2.05) is 0 Å². The van der Waals surface area contributed by atoms with Gasteiger partial charge in [-0.25, -0.2) is 12.8 Å². The Labute approximate surface area is 96.2 Å². The maximum atomic E-state index is 13.3. The second kappa shape index (κ2) is 4.15. The van der Waals surface area contributed by atoms with Gasteiger partial charge in [0.2, 0.25) is 0 Å². The second-order valence-electron chi connectivity index (χ2n) is 2.77. The molecule has 15 heavy (non-hydrogen) atoms. The molecule has 0 aliphatic rings. The van der Waals surface area contributed by atoms with E-state index in [9.17, 15) is 12.8 Å². The van der Waals surface area contributed by atoms with Crippen molar-refractivity contribution in [2.75, 3.05) is 7.11 Å². The van der Waals surface area contributed by atoms with Crippen LogP contribution in [0.1, 0.15) is 5.56 Å². The van der Waals surface area contributed by atoms with Crippen LogP contribution < -0.4 is 4.74 Å². The third kappa shape index (κ3) is 2.35. The quantitative estimate of drug-likeness (QED) is 0.778. The molecule has 7 heteroatoms. The van der Waals surface area contributed by atoms with Gasteiger partial charge in [-0.05, 0) is 13.0 Å². The van der Waals surface area contributed by atoms with Gasteiger partial charge < -0.3 is 4.74 Å². The van der Waals surface area contributed by atoms with Crippen LogP contribution in [0.3, 0.4) is 0 Å². The molecule has 0 saturated heterocycles. The largest absolute Gasteiger partial charge is 0.495 e. The molecular weight excluding hydrogens is 266 g/mol. The first-order valence-electron chi connectivity index (χ1n) is 3.76. The number of hydrogen-bond acceptors (Lipinski definition) is 3. The summed E-state index contributed by atoms with van der Waals surface area (Å²) in [5.74, 6) is -0.857. The van der Waals surface area contributed by atoms with E-state index in [4.69, 9.17) is 27.0 Å². The fourth-order valence-electron chi connectivity index (χ4n) is 1.14. The van der Waals surface area contributed by atoms with E-state index in [2.05, 4.69) is 0 Å². The van der Waals surface area contributed by atoms with E-state index in [1.54, 1.807) is 0 Å². The summed E-state index contributed by atoms with van der Waals surface area (Å²) in [6.07, 6.45) is 0. The molecule has 1 aromatic rings. The molecule has 0 aliphatic carbocycles. The van der Waals surface area contributed by atoms with E-state index < -0.39 is 14.9 Å². The molecule has 0 radical (unpaired) electrons. The highest BCUT2D eigenvalue weighted by atomic mass is 35.7. The van der Waals surface area contributed by atoms with Crippen LogP contribution in [0.15, 0.2) is 11.0 Å². The summed E-state index contributed by atoms with van der Waals surface area (Å²) in [5.41, 5.74) is 0.00391. The van der Waals surface area contributed by atoms with Crippen molar-refractivity contribution in [2.45, 2.75) is 11.8 Å². The van der Waals surface area contributed by atoms with Crippen LogP contribution in [0.2, 0.25) is 5.02 Å². The van der Waals surface area contributed by atoms with Crippen LogP contribution in [-0.2, 0) is 9.05 Å². The van der Waals surface area contributed by atoms with Crippen LogP contribution in [-0.4, -0.2) is 15.5 Å². The Hall–Kier alpha value is -0.520. The van der Waals surface area contributed by atoms with Gasteiger partial charge in [-0.1, -0.05) is 11.6 Å². The zero-order valence-corrected chi connectivity index (χ0v) is 10.2. The summed E-state index contributed by atoms with van der Waals surface area (Å²) in [6.45, 7) is 1.35. The molecule has 0 N–H and O–H groups in total. The van der Waals surface area contributed by atoms with Crippen LogP contribution in [0.25, 0.3) is 0 Å². The van der Waals surface area contributed by atoms with E-state index in [1.165, 1.54) is 14.0 Å². The predicted molar refractivity (Wildman–Crippen MR) is 55.7 cm³/mol. The van der Waals surface area contributed by atoms with Gasteiger partial charge in [0.1, 0.15) is 16.5 Å². The lowest BCUT2D eigenvalue weighted by Crippen LogP contribution is -2.01. The van der Waals surface area contributed by atoms with Gasteiger partial charge >= 0.3 is 0 Å². The molecule has 0 atom stereocenters. The summed E-state index contributed by atoms with van der Waals surface area (Å²) in [4.78, 5) is -0.337. The smallest absolute Gasteiger partial charge is 0.265 e. The maximum absolute atomic E-state index is 13.3. The summed E-state index contributed by atoms with van der Waals surface area (Å²) >= 11 is 5.50. The predicted octanol–water partition coefficient (Wildman–Crippen LogP) is 2.72. The van der Waals surface area contributed by atoms with E-state index in [-0.39, 0.29) is 21.2 Å². The number of halogens is 3. The number of rotatable bonds is 2. The summed E-state index contributed by atoms with van der Waals surface area (Å²) in [6, 6.07) is 0.922. The average Bonchev–Trinajstić information content (AvgIpc) is 2.12. The van der Waals surface area contributed by atoms with Crippen LogP contribution >= 0.6 is 22.3 Å². The monoisotopic (exact) mass is 272 g/mol. The molecular formula is C8H7Cl2FO3S. The minimum absolute atomic E-state index is 0.00391. The Balaban J connectivity index is 3.68. The molecule has 0 bridgehead atoms. The topological polar surface area (TPSA) is 43.4 Å². The van der Waals surface area contributed by atoms with Gasteiger partial charge in [-0.3, -0.25) is 0 Å². The average molecular weight is 273 g/mol. The van der Waals surface area contributed by atoms with Crippen molar-refractivity contribution < 1.29 is 17.5 Å². The molecule has 0 unspecified atom stereocenters. The number of hydrogen-bond donors (Lipinski definition) is 0. The zero-order valence-electron chi connectivity index (χ0n) is 7.84. The first-order chi connectivity index (χ1) is 6.79. The highest BCUT2D eigenvalue weighted by molar-refractivity contribution is 8.13. The van der Waals surface area contributed by atoms with E-state index in [0.29, 0.717) is 0 Å². The molecule has 0 aromatic heterocycles. The van der Waals surface area contributed by atoms with Crippen molar-refractivity contribution in [3.8, 4) is 5.75 Å². The summed E-state index contributed by atoms with van der Waals surface area (Å²) in [7, 11) is 2.36. The van der Waals surface area contributed by atoms with E-state index in [0.717, 1.165) is 6.07 Å². The highest BCUT2D eigenvalue weighted by Gasteiger charge is 2.22. The standard InChI is InChI=1S/C8H7Cl2FO3S/c1-4-7(11)5(9)3-6(8(4)14-2)15(10,12)13/h3H,1-2H3. The Morgan fingerprint density at radius 3 is 2.40 bits per heavy atom. The lowest BCUT2D eigenvalue weighted by atomic mass is 10.2. The van der Waals surface area contributed by atoms with Gasteiger partial charge in [0, 0.05) is 16.2 Å². The Bertz CT molecular complexity index is 499. The van der Waals surface area contributed by atoms with Crippen molar-refractivity contribution in [1.82, 2.24) is 0 Å². The molecule has 0 spiro atoms. The molecule has 0 aliphatic heterocycles. The minimum Gasteiger partial charge on any atom is -0.495 e. The minimum atomic E-state index is -4.01. The Kier molecular flexibility index (Phi) is 3.48. The van der Waals surface area contributed by atoms with Crippen molar-refractivity contribution in [3.05, 3.63) is 22.5 Å². The summed E-state index contributed by atoms with van der Waals surface area (Å²) < 4.78 is 40.3. The highest BCUT2D eigenvalue weighted by Crippen LogP contribution is 2.35. The lowest BCUT2D eigenvalue weighted by molar-refractivity contribution is 0.395. The Morgan fingerprint density at radius 1 is 1.47 bits per heavy atom. The summed E-state index contributed by atoms with van der Waals surface area (Å²) in [5, 5.41) is -0.312. The first-order valence-corrected chi connectivity index (χ1v) is 6.45. The third-order valence-corrected chi connectivity index (χ3v) is 3.43. The molecule has 84 valence electrons. The SMILES string of the molecule is COc1c(S(=O)(=O)Cl)cc(Cl)c(F)c1C. The fourth-order valence-corrected chi connectivity index (χ4v) is 2.52. The van der Waals surface area contributed by atoms with Crippen LogP contribution in [0.5, 0.6) is 5.75 Å². The Morgan fingerprint density at radius 2 is 2.00 bits per heavy atom. The fraction of sp³-hybridized carbons (Fsp3) is 0.250. The second-order valence-corrected chi connectivity index (χ2v) is 5.71. The van der Waals surface area contributed by atoms with Gasteiger partial charge in [-0.2, -0.15) is 0 Å². The molecule has 0 amide bonds. The van der Waals surface area contributed by atoms with Crippen molar-refractivity contribution in [3.63, 3.8) is 0 Å². The van der Waals surface area contributed by atoms with Crippen molar-refractivity contribution in [1.29, 1.82) is 0 Å². The van der Waals surface area contributed by atoms with E-state index >= 15 is 0 Å². The molecule has 1 rings (SSSR count). The molecule has 1 aromatic carbocycles. The maximum Gasteiger partial charge on any atom is 0.265 e. The first kappa shape index (κ1) is 12.5. The lowest BCUT2D eigenvalue weighted by Gasteiger charge is -2.10.